The molecular weight excluding hydrogens is 252 g/mol. The maximum absolute atomic E-state index is 9.35. The molecule has 0 bridgehead atoms. The van der Waals surface area contributed by atoms with Crippen LogP contribution in [-0.2, 0) is 0 Å². The van der Waals surface area contributed by atoms with Crippen LogP contribution in [0.3, 0.4) is 0 Å². The molecule has 1 aliphatic heterocycles. The molecule has 5 heteroatoms. The van der Waals surface area contributed by atoms with Crippen molar-refractivity contribution in [2.75, 3.05) is 39.3 Å². The summed E-state index contributed by atoms with van der Waals surface area (Å²) < 4.78 is 0. The SMILES string of the molecule is CCNC(=NCC1(CO)CC1)NCC1CCCN1CC. The smallest absolute Gasteiger partial charge is 0.191 e. The molecule has 1 aliphatic carbocycles. The number of aliphatic hydroxyl groups excluding tert-OH is 1. The number of nitrogens with zero attached hydrogens (tertiary/aromatic N) is 2. The molecule has 0 spiro atoms. The van der Waals surface area contributed by atoms with Gasteiger partial charge in [0.1, 0.15) is 0 Å². The number of guanidine groups is 1. The molecule has 1 saturated heterocycles. The normalized spacial score (nSPS) is 25.8. The summed E-state index contributed by atoms with van der Waals surface area (Å²) in [7, 11) is 0. The zero-order valence-electron chi connectivity index (χ0n) is 13.0. The van der Waals surface area contributed by atoms with E-state index in [0.29, 0.717) is 6.04 Å². The lowest BCUT2D eigenvalue weighted by atomic mass is 10.1. The first-order chi connectivity index (χ1) is 9.73. The Balaban J connectivity index is 1.81. The quantitative estimate of drug-likeness (QED) is 0.477. The maximum atomic E-state index is 9.35. The lowest BCUT2D eigenvalue weighted by Gasteiger charge is -2.24. The Hall–Kier alpha value is -0.810. The summed E-state index contributed by atoms with van der Waals surface area (Å²) in [5.74, 6) is 0.898. The van der Waals surface area contributed by atoms with Crippen LogP contribution in [-0.4, -0.2) is 61.3 Å². The lowest BCUT2D eigenvalue weighted by molar-refractivity contribution is 0.216. The minimum atomic E-state index is 0.0885. The summed E-state index contributed by atoms with van der Waals surface area (Å²) in [5, 5.41) is 16.1. The first-order valence-electron chi connectivity index (χ1n) is 8.10. The second-order valence-corrected chi connectivity index (χ2v) is 6.16. The van der Waals surface area contributed by atoms with Crippen LogP contribution in [0.1, 0.15) is 39.5 Å². The Bertz CT molecular complexity index is 328. The summed E-state index contributed by atoms with van der Waals surface area (Å²) >= 11 is 0. The number of hydrogen-bond donors (Lipinski definition) is 3. The third-order valence-corrected chi connectivity index (χ3v) is 4.62. The van der Waals surface area contributed by atoms with Crippen molar-refractivity contribution in [3.05, 3.63) is 0 Å². The minimum absolute atomic E-state index is 0.0885. The monoisotopic (exact) mass is 282 g/mol. The standard InChI is InChI=1S/C15H30N4O/c1-3-16-14(18-11-15(12-20)7-8-15)17-10-13-6-5-9-19(13)4-2/h13,20H,3-12H2,1-2H3,(H2,16,17,18). The molecule has 0 radical (unpaired) electrons. The molecule has 1 saturated carbocycles. The Morgan fingerprint density at radius 1 is 1.35 bits per heavy atom. The molecule has 0 aromatic heterocycles. The fraction of sp³-hybridized carbons (Fsp3) is 0.933. The van der Waals surface area contributed by atoms with Gasteiger partial charge in [0.2, 0.25) is 0 Å². The van der Waals surface area contributed by atoms with Crippen LogP contribution in [0.15, 0.2) is 4.99 Å². The highest BCUT2D eigenvalue weighted by molar-refractivity contribution is 5.79. The molecule has 1 atom stereocenters. The highest BCUT2D eigenvalue weighted by Crippen LogP contribution is 2.45. The van der Waals surface area contributed by atoms with Gasteiger partial charge in [0.25, 0.3) is 0 Å². The fourth-order valence-corrected chi connectivity index (χ4v) is 2.89. The van der Waals surface area contributed by atoms with Crippen molar-refractivity contribution in [1.29, 1.82) is 0 Å². The number of rotatable bonds is 7. The number of aliphatic hydroxyl groups is 1. The molecule has 2 aliphatic rings. The van der Waals surface area contributed by atoms with Crippen molar-refractivity contribution in [1.82, 2.24) is 15.5 Å². The highest BCUT2D eigenvalue weighted by Gasteiger charge is 2.41. The van der Waals surface area contributed by atoms with Gasteiger partial charge in [0.05, 0.1) is 13.2 Å². The van der Waals surface area contributed by atoms with Crippen LogP contribution in [0.4, 0.5) is 0 Å². The lowest BCUT2D eigenvalue weighted by Crippen LogP contribution is -2.45. The van der Waals surface area contributed by atoms with E-state index in [-0.39, 0.29) is 12.0 Å². The van der Waals surface area contributed by atoms with Gasteiger partial charge >= 0.3 is 0 Å². The number of aliphatic imine (C=N–C) groups is 1. The summed E-state index contributed by atoms with van der Waals surface area (Å²) in [6, 6.07) is 0.636. The predicted molar refractivity (Wildman–Crippen MR) is 83.0 cm³/mol. The van der Waals surface area contributed by atoms with Gasteiger partial charge in [-0.1, -0.05) is 6.92 Å². The second-order valence-electron chi connectivity index (χ2n) is 6.16. The van der Waals surface area contributed by atoms with Crippen molar-refractivity contribution in [3.8, 4) is 0 Å². The van der Waals surface area contributed by atoms with Crippen molar-refractivity contribution in [2.45, 2.75) is 45.6 Å². The van der Waals surface area contributed by atoms with Gasteiger partial charge in [-0.2, -0.15) is 0 Å². The minimum Gasteiger partial charge on any atom is -0.396 e. The van der Waals surface area contributed by atoms with E-state index in [2.05, 4.69) is 34.4 Å². The van der Waals surface area contributed by atoms with Crippen molar-refractivity contribution in [2.24, 2.45) is 10.4 Å². The van der Waals surface area contributed by atoms with Crippen LogP contribution in [0, 0.1) is 5.41 Å². The molecule has 0 aromatic rings. The van der Waals surface area contributed by atoms with Gasteiger partial charge in [-0.3, -0.25) is 9.89 Å². The molecule has 20 heavy (non-hydrogen) atoms. The molecule has 0 aromatic carbocycles. The zero-order chi connectivity index (χ0) is 14.4. The number of likely N-dealkylation sites (tertiary alicyclic amines) is 1. The van der Waals surface area contributed by atoms with Gasteiger partial charge in [-0.25, -0.2) is 0 Å². The van der Waals surface area contributed by atoms with E-state index in [9.17, 15) is 5.11 Å². The van der Waals surface area contributed by atoms with Gasteiger partial charge in [0.15, 0.2) is 5.96 Å². The van der Waals surface area contributed by atoms with Crippen molar-refractivity contribution >= 4 is 5.96 Å². The molecule has 1 heterocycles. The predicted octanol–water partition coefficient (Wildman–Crippen LogP) is 0.798. The molecular formula is C15H30N4O. The van der Waals surface area contributed by atoms with Crippen LogP contribution >= 0.6 is 0 Å². The molecule has 0 amide bonds. The van der Waals surface area contributed by atoms with E-state index in [0.717, 1.165) is 45.0 Å². The van der Waals surface area contributed by atoms with E-state index in [1.165, 1.54) is 19.4 Å². The van der Waals surface area contributed by atoms with Gasteiger partial charge in [-0.15, -0.1) is 0 Å². The van der Waals surface area contributed by atoms with Crippen LogP contribution in [0.25, 0.3) is 0 Å². The van der Waals surface area contributed by atoms with Gasteiger partial charge in [-0.05, 0) is 45.7 Å². The van der Waals surface area contributed by atoms with Crippen molar-refractivity contribution in [3.63, 3.8) is 0 Å². The first kappa shape index (κ1) is 15.6. The van der Waals surface area contributed by atoms with Crippen LogP contribution in [0.5, 0.6) is 0 Å². The van der Waals surface area contributed by atoms with Gasteiger partial charge in [0, 0.05) is 24.5 Å². The second kappa shape index (κ2) is 7.27. The van der Waals surface area contributed by atoms with Crippen LogP contribution < -0.4 is 10.6 Å². The molecule has 5 nitrogen and oxygen atoms in total. The average molecular weight is 282 g/mol. The Kier molecular flexibility index (Phi) is 5.66. The van der Waals surface area contributed by atoms with Crippen LogP contribution in [0.2, 0.25) is 0 Å². The average Bonchev–Trinajstić information content (AvgIpc) is 3.11. The summed E-state index contributed by atoms with van der Waals surface area (Å²) in [5.41, 5.74) is 0.0885. The van der Waals surface area contributed by atoms with Crippen molar-refractivity contribution < 1.29 is 5.11 Å². The summed E-state index contributed by atoms with van der Waals surface area (Å²) in [6.07, 6.45) is 4.81. The van der Waals surface area contributed by atoms with E-state index in [1.54, 1.807) is 0 Å². The Morgan fingerprint density at radius 2 is 2.15 bits per heavy atom. The summed E-state index contributed by atoms with van der Waals surface area (Å²) in [6.45, 7) is 9.52. The topological polar surface area (TPSA) is 59.9 Å². The molecule has 1 unspecified atom stereocenters. The Morgan fingerprint density at radius 3 is 2.75 bits per heavy atom. The van der Waals surface area contributed by atoms with E-state index in [4.69, 9.17) is 0 Å². The largest absolute Gasteiger partial charge is 0.396 e. The highest BCUT2D eigenvalue weighted by atomic mass is 16.3. The third kappa shape index (κ3) is 4.09. The number of likely N-dealkylation sites (N-methyl/N-ethyl adjacent to an activating group) is 1. The van der Waals surface area contributed by atoms with E-state index < -0.39 is 0 Å². The zero-order valence-corrected chi connectivity index (χ0v) is 13.0. The summed E-state index contributed by atoms with van der Waals surface area (Å²) in [4.78, 5) is 7.18. The molecule has 3 N–H and O–H groups in total. The molecule has 116 valence electrons. The van der Waals surface area contributed by atoms with E-state index in [1.807, 2.05) is 0 Å². The third-order valence-electron chi connectivity index (χ3n) is 4.62. The molecule has 2 fully saturated rings. The first-order valence-corrected chi connectivity index (χ1v) is 8.10. The van der Waals surface area contributed by atoms with Gasteiger partial charge < -0.3 is 15.7 Å². The number of nitrogens with one attached hydrogen (secondary N) is 2. The fourth-order valence-electron chi connectivity index (χ4n) is 2.89. The maximum Gasteiger partial charge on any atom is 0.191 e. The molecule has 2 rings (SSSR count). The number of hydrogen-bond acceptors (Lipinski definition) is 3. The Labute approximate surface area is 122 Å². The van der Waals surface area contributed by atoms with E-state index >= 15 is 0 Å².